The number of hydrogen-bond donors (Lipinski definition) is 0. The first-order valence-corrected chi connectivity index (χ1v) is 9.29. The molecule has 0 saturated carbocycles. The molecule has 1 aliphatic rings. The van der Waals surface area contributed by atoms with E-state index in [4.69, 9.17) is 9.47 Å². The van der Waals surface area contributed by atoms with E-state index in [1.54, 1.807) is 6.07 Å². The third-order valence-corrected chi connectivity index (χ3v) is 4.74. The van der Waals surface area contributed by atoms with Gasteiger partial charge in [-0.3, -0.25) is 4.79 Å². The number of unbranched alkanes of at least 4 members (excludes halogenated alkanes) is 1. The van der Waals surface area contributed by atoms with Crippen LogP contribution in [0.1, 0.15) is 40.7 Å². The third kappa shape index (κ3) is 4.67. The van der Waals surface area contributed by atoms with Gasteiger partial charge in [0.15, 0.2) is 0 Å². The molecule has 1 heterocycles. The number of anilines is 1. The van der Waals surface area contributed by atoms with E-state index in [0.717, 1.165) is 36.3 Å². The summed E-state index contributed by atoms with van der Waals surface area (Å²) < 4.78 is 10.5. The molecule has 0 N–H and O–H groups in total. The number of hydrogen-bond acceptors (Lipinski definition) is 4. The van der Waals surface area contributed by atoms with Crippen LogP contribution in [-0.2, 0) is 16.0 Å². The zero-order chi connectivity index (χ0) is 19.2. The first-order chi connectivity index (χ1) is 13.1. The Hall–Kier alpha value is -2.82. The van der Waals surface area contributed by atoms with E-state index in [-0.39, 0.29) is 11.9 Å². The molecule has 142 valence electrons. The first kappa shape index (κ1) is 19.0. The largest absolute Gasteiger partial charge is 0.494 e. The highest BCUT2D eigenvalue weighted by Gasteiger charge is 2.25. The number of aryl methyl sites for hydroxylation is 1. The van der Waals surface area contributed by atoms with Crippen molar-refractivity contribution >= 4 is 17.6 Å². The van der Waals surface area contributed by atoms with Crippen molar-refractivity contribution in [2.45, 2.75) is 32.6 Å². The van der Waals surface area contributed by atoms with Crippen LogP contribution in [0.4, 0.5) is 5.69 Å². The molecule has 0 aromatic heterocycles. The van der Waals surface area contributed by atoms with Gasteiger partial charge in [-0.1, -0.05) is 12.1 Å². The summed E-state index contributed by atoms with van der Waals surface area (Å²) in [5.41, 5.74) is 3.63. The minimum absolute atomic E-state index is 0.120. The van der Waals surface area contributed by atoms with Gasteiger partial charge in [-0.05, 0) is 67.6 Å². The van der Waals surface area contributed by atoms with Gasteiger partial charge in [0.1, 0.15) is 5.75 Å². The first-order valence-electron chi connectivity index (χ1n) is 9.29. The van der Waals surface area contributed by atoms with E-state index in [1.165, 1.54) is 12.7 Å². The van der Waals surface area contributed by atoms with Gasteiger partial charge in [-0.15, -0.1) is 0 Å². The fourth-order valence-electron chi connectivity index (χ4n) is 3.31. The zero-order valence-corrected chi connectivity index (χ0v) is 15.9. The normalized spacial score (nSPS) is 12.6. The molecule has 0 atom stereocenters. The molecule has 27 heavy (non-hydrogen) atoms. The van der Waals surface area contributed by atoms with Crippen LogP contribution >= 0.6 is 0 Å². The number of fused-ring (bicyclic) bond motifs is 1. The average Bonchev–Trinajstić information content (AvgIpc) is 3.10. The number of carbonyl (C=O) groups excluding carboxylic acids is 2. The highest BCUT2D eigenvalue weighted by Crippen LogP contribution is 2.30. The molecule has 0 bridgehead atoms. The number of rotatable bonds is 7. The predicted octanol–water partition coefficient (Wildman–Crippen LogP) is 3.92. The van der Waals surface area contributed by atoms with Gasteiger partial charge in [-0.25, -0.2) is 4.79 Å². The summed E-state index contributed by atoms with van der Waals surface area (Å²) in [6, 6.07) is 13.3. The number of ether oxygens (including phenoxy) is 2. The van der Waals surface area contributed by atoms with Crippen LogP contribution < -0.4 is 9.64 Å². The molecule has 0 saturated heterocycles. The Kier molecular flexibility index (Phi) is 6.12. The Morgan fingerprint density at radius 2 is 1.96 bits per heavy atom. The Labute approximate surface area is 159 Å². The lowest BCUT2D eigenvalue weighted by atomic mass is 10.1. The van der Waals surface area contributed by atoms with Crippen molar-refractivity contribution in [1.29, 1.82) is 0 Å². The standard InChI is InChI=1S/C22H25NO4/c1-16-6-5-7-19(14-16)27-13-4-3-8-21(24)23-12-11-17-15-18(22(25)26-2)9-10-20(17)23/h5-7,9-10,14-15H,3-4,8,11-13H2,1-2H3. The molecule has 1 aliphatic heterocycles. The van der Waals surface area contributed by atoms with Gasteiger partial charge in [0, 0.05) is 18.7 Å². The quantitative estimate of drug-likeness (QED) is 0.550. The summed E-state index contributed by atoms with van der Waals surface area (Å²) in [6.07, 6.45) is 2.89. The fourth-order valence-corrected chi connectivity index (χ4v) is 3.31. The average molecular weight is 367 g/mol. The van der Waals surface area contributed by atoms with E-state index in [0.29, 0.717) is 25.1 Å². The molecule has 3 rings (SSSR count). The second kappa shape index (κ2) is 8.71. The van der Waals surface area contributed by atoms with Gasteiger partial charge in [0.05, 0.1) is 19.3 Å². The van der Waals surface area contributed by atoms with Gasteiger partial charge in [0.2, 0.25) is 5.91 Å². The Morgan fingerprint density at radius 1 is 1.11 bits per heavy atom. The minimum Gasteiger partial charge on any atom is -0.494 e. The summed E-state index contributed by atoms with van der Waals surface area (Å²) in [6.45, 7) is 3.31. The van der Waals surface area contributed by atoms with Crippen LogP contribution in [0.15, 0.2) is 42.5 Å². The molecule has 0 spiro atoms. The number of nitrogens with zero attached hydrogens (tertiary/aromatic N) is 1. The number of methoxy groups -OCH3 is 1. The topological polar surface area (TPSA) is 55.8 Å². The lowest BCUT2D eigenvalue weighted by Gasteiger charge is -2.17. The maximum absolute atomic E-state index is 12.6. The number of benzene rings is 2. The predicted molar refractivity (Wildman–Crippen MR) is 104 cm³/mol. The molecular weight excluding hydrogens is 342 g/mol. The summed E-state index contributed by atoms with van der Waals surface area (Å²) in [5.74, 6) is 0.641. The SMILES string of the molecule is COC(=O)c1ccc2c(c1)CCN2C(=O)CCCCOc1cccc(C)c1. The van der Waals surface area contributed by atoms with Gasteiger partial charge in [-0.2, -0.15) is 0 Å². The van der Waals surface area contributed by atoms with E-state index < -0.39 is 0 Å². The summed E-state index contributed by atoms with van der Waals surface area (Å²) in [5, 5.41) is 0. The van der Waals surface area contributed by atoms with E-state index in [9.17, 15) is 9.59 Å². The van der Waals surface area contributed by atoms with Crippen molar-refractivity contribution in [3.8, 4) is 5.75 Å². The zero-order valence-electron chi connectivity index (χ0n) is 15.9. The van der Waals surface area contributed by atoms with Gasteiger partial charge in [0.25, 0.3) is 0 Å². The summed E-state index contributed by atoms with van der Waals surface area (Å²) >= 11 is 0. The van der Waals surface area contributed by atoms with Gasteiger partial charge < -0.3 is 14.4 Å². The van der Waals surface area contributed by atoms with Crippen LogP contribution in [0.5, 0.6) is 5.75 Å². The molecule has 5 nitrogen and oxygen atoms in total. The van der Waals surface area contributed by atoms with E-state index in [1.807, 2.05) is 48.2 Å². The Balaban J connectivity index is 1.46. The minimum atomic E-state index is -0.351. The molecule has 0 radical (unpaired) electrons. The van der Waals surface area contributed by atoms with Crippen molar-refractivity contribution in [2.75, 3.05) is 25.2 Å². The third-order valence-electron chi connectivity index (χ3n) is 4.74. The van der Waals surface area contributed by atoms with Gasteiger partial charge >= 0.3 is 5.97 Å². The number of carbonyl (C=O) groups is 2. The molecular formula is C22H25NO4. The van der Waals surface area contributed by atoms with Crippen LogP contribution in [0.25, 0.3) is 0 Å². The lowest BCUT2D eigenvalue weighted by Crippen LogP contribution is -2.28. The van der Waals surface area contributed by atoms with E-state index >= 15 is 0 Å². The maximum Gasteiger partial charge on any atom is 0.337 e. The molecule has 0 unspecified atom stereocenters. The van der Waals surface area contributed by atoms with Crippen molar-refractivity contribution in [2.24, 2.45) is 0 Å². The second-order valence-electron chi connectivity index (χ2n) is 6.75. The van der Waals surface area contributed by atoms with Crippen LogP contribution in [-0.4, -0.2) is 32.1 Å². The second-order valence-corrected chi connectivity index (χ2v) is 6.75. The maximum atomic E-state index is 12.6. The number of esters is 1. The van der Waals surface area contributed by atoms with Crippen LogP contribution in [0, 0.1) is 6.92 Å². The molecule has 5 heteroatoms. The summed E-state index contributed by atoms with van der Waals surface area (Å²) in [7, 11) is 1.37. The summed E-state index contributed by atoms with van der Waals surface area (Å²) in [4.78, 5) is 26.0. The number of amides is 1. The monoisotopic (exact) mass is 367 g/mol. The van der Waals surface area contributed by atoms with Crippen LogP contribution in [0.2, 0.25) is 0 Å². The lowest BCUT2D eigenvalue weighted by molar-refractivity contribution is -0.118. The smallest absolute Gasteiger partial charge is 0.337 e. The fraction of sp³-hybridized carbons (Fsp3) is 0.364. The van der Waals surface area contributed by atoms with Crippen molar-refractivity contribution in [3.63, 3.8) is 0 Å². The molecule has 1 amide bonds. The molecule has 0 aliphatic carbocycles. The van der Waals surface area contributed by atoms with E-state index in [2.05, 4.69) is 0 Å². The Bertz CT molecular complexity index is 831. The van der Waals surface area contributed by atoms with Crippen molar-refractivity contribution in [1.82, 2.24) is 0 Å². The molecule has 0 fully saturated rings. The molecule has 2 aromatic carbocycles. The molecule has 2 aromatic rings. The highest BCUT2D eigenvalue weighted by atomic mass is 16.5. The Morgan fingerprint density at radius 3 is 2.74 bits per heavy atom. The van der Waals surface area contributed by atoms with Crippen LogP contribution in [0.3, 0.4) is 0 Å². The van der Waals surface area contributed by atoms with Crippen molar-refractivity contribution in [3.05, 3.63) is 59.2 Å². The van der Waals surface area contributed by atoms with Crippen molar-refractivity contribution < 1.29 is 19.1 Å². The highest BCUT2D eigenvalue weighted by molar-refractivity contribution is 5.97.